The first-order valence-electron chi connectivity index (χ1n) is 6.91. The molecule has 3 rings (SSSR count). The molecule has 1 nitrogen and oxygen atoms in total. The Labute approximate surface area is 146 Å². The van der Waals surface area contributed by atoms with Crippen LogP contribution in [0.5, 0.6) is 0 Å². The van der Waals surface area contributed by atoms with Crippen molar-refractivity contribution in [1.29, 1.82) is 0 Å². The summed E-state index contributed by atoms with van der Waals surface area (Å²) in [5.41, 5.74) is -1.54. The highest BCUT2D eigenvalue weighted by atomic mass is 79.9. The Morgan fingerprint density at radius 1 is 0.760 bits per heavy atom. The summed E-state index contributed by atoms with van der Waals surface area (Å²) in [4.78, 5) is 4.15. The van der Waals surface area contributed by atoms with Gasteiger partial charge >= 0.3 is 12.4 Å². The number of aromatic nitrogens is 1. The fourth-order valence-electron chi connectivity index (χ4n) is 2.41. The molecule has 1 aromatic heterocycles. The number of hydrogen-bond acceptors (Lipinski definition) is 1. The van der Waals surface area contributed by atoms with Crippen molar-refractivity contribution in [2.45, 2.75) is 12.4 Å². The van der Waals surface area contributed by atoms with Crippen LogP contribution in [0.25, 0.3) is 22.2 Å². The van der Waals surface area contributed by atoms with Crippen LogP contribution in [0.15, 0.2) is 53.0 Å². The van der Waals surface area contributed by atoms with Crippen LogP contribution in [0.1, 0.15) is 11.1 Å². The Hall–Kier alpha value is -2.09. The normalized spacial score (nSPS) is 12.6. The fraction of sp³-hybridized carbons (Fsp3) is 0.118. The first kappa shape index (κ1) is 17.7. The molecular formula is C17H8BrF6N. The fourth-order valence-corrected chi connectivity index (χ4v) is 2.77. The molecule has 25 heavy (non-hydrogen) atoms. The second-order valence-electron chi connectivity index (χ2n) is 5.29. The van der Waals surface area contributed by atoms with Crippen molar-refractivity contribution in [3.63, 3.8) is 0 Å². The minimum absolute atomic E-state index is 0.0455. The number of pyridine rings is 1. The average Bonchev–Trinajstić information content (AvgIpc) is 2.52. The van der Waals surface area contributed by atoms with Gasteiger partial charge in [0.25, 0.3) is 0 Å². The molecule has 0 bridgehead atoms. The van der Waals surface area contributed by atoms with Gasteiger partial charge in [-0.05, 0) is 36.4 Å². The van der Waals surface area contributed by atoms with E-state index in [1.165, 1.54) is 12.1 Å². The number of rotatable bonds is 1. The van der Waals surface area contributed by atoms with Crippen molar-refractivity contribution in [3.05, 3.63) is 64.1 Å². The standard InChI is InChI=1S/C17H8BrF6N/c18-11-5-6-14-12(7-11)13(17(22,23)24)8-15(25-14)9-1-3-10(4-2-9)16(19,20)21/h1-8H. The van der Waals surface area contributed by atoms with Gasteiger partial charge < -0.3 is 0 Å². The van der Waals surface area contributed by atoms with Crippen molar-refractivity contribution in [2.24, 2.45) is 0 Å². The lowest BCUT2D eigenvalue weighted by Crippen LogP contribution is -2.07. The van der Waals surface area contributed by atoms with E-state index in [9.17, 15) is 26.3 Å². The molecule has 0 saturated heterocycles. The van der Waals surface area contributed by atoms with Crippen molar-refractivity contribution in [3.8, 4) is 11.3 Å². The molecule has 0 unspecified atom stereocenters. The predicted octanol–water partition coefficient (Wildman–Crippen LogP) is 6.70. The lowest BCUT2D eigenvalue weighted by molar-refractivity contribution is -0.137. The molecule has 1 heterocycles. The van der Waals surface area contributed by atoms with E-state index >= 15 is 0 Å². The van der Waals surface area contributed by atoms with E-state index in [0.29, 0.717) is 4.47 Å². The number of nitrogens with zero attached hydrogens (tertiary/aromatic N) is 1. The highest BCUT2D eigenvalue weighted by Crippen LogP contribution is 2.38. The van der Waals surface area contributed by atoms with Gasteiger partial charge in [-0.3, -0.25) is 0 Å². The minimum atomic E-state index is -4.62. The SMILES string of the molecule is FC(F)(F)c1ccc(-c2cc(C(F)(F)F)c3cc(Br)ccc3n2)cc1. The van der Waals surface area contributed by atoms with Crippen molar-refractivity contribution in [1.82, 2.24) is 4.98 Å². The molecule has 0 aliphatic carbocycles. The Kier molecular flexibility index (Phi) is 4.26. The van der Waals surface area contributed by atoms with Crippen LogP contribution in [0.2, 0.25) is 0 Å². The number of alkyl halides is 6. The Morgan fingerprint density at radius 2 is 1.40 bits per heavy atom. The second-order valence-corrected chi connectivity index (χ2v) is 6.21. The molecule has 8 heteroatoms. The molecule has 0 aliphatic heterocycles. The van der Waals surface area contributed by atoms with E-state index in [4.69, 9.17) is 0 Å². The summed E-state index contributed by atoms with van der Waals surface area (Å²) < 4.78 is 78.4. The van der Waals surface area contributed by atoms with E-state index < -0.39 is 23.5 Å². The number of fused-ring (bicyclic) bond motifs is 1. The van der Waals surface area contributed by atoms with E-state index in [1.807, 2.05) is 0 Å². The molecule has 0 atom stereocenters. The van der Waals surface area contributed by atoms with Crippen molar-refractivity contribution in [2.75, 3.05) is 0 Å². The van der Waals surface area contributed by atoms with Gasteiger partial charge in [0.1, 0.15) is 0 Å². The van der Waals surface area contributed by atoms with Crippen LogP contribution in [0.4, 0.5) is 26.3 Å². The van der Waals surface area contributed by atoms with Crippen LogP contribution < -0.4 is 0 Å². The van der Waals surface area contributed by atoms with Gasteiger partial charge in [-0.1, -0.05) is 28.1 Å². The van der Waals surface area contributed by atoms with Crippen LogP contribution in [-0.4, -0.2) is 4.98 Å². The van der Waals surface area contributed by atoms with Gasteiger partial charge in [0.2, 0.25) is 0 Å². The Morgan fingerprint density at radius 3 is 1.96 bits per heavy atom. The summed E-state index contributed by atoms with van der Waals surface area (Å²) in [7, 11) is 0. The van der Waals surface area contributed by atoms with E-state index in [1.54, 1.807) is 6.07 Å². The third-order valence-electron chi connectivity index (χ3n) is 3.58. The number of halogens is 7. The Balaban J connectivity index is 2.19. The maximum absolute atomic E-state index is 13.4. The molecule has 0 saturated carbocycles. The topological polar surface area (TPSA) is 12.9 Å². The van der Waals surface area contributed by atoms with Gasteiger partial charge in [-0.25, -0.2) is 4.98 Å². The van der Waals surface area contributed by atoms with Crippen molar-refractivity contribution >= 4 is 26.8 Å². The second kappa shape index (κ2) is 6.01. The summed E-state index contributed by atoms with van der Waals surface area (Å²) in [6.45, 7) is 0. The highest BCUT2D eigenvalue weighted by molar-refractivity contribution is 9.10. The van der Waals surface area contributed by atoms with Crippen LogP contribution in [0, 0.1) is 0 Å². The molecule has 2 aromatic carbocycles. The molecule has 0 fully saturated rings. The molecule has 0 spiro atoms. The zero-order valence-electron chi connectivity index (χ0n) is 12.2. The first-order chi connectivity index (χ1) is 11.6. The third kappa shape index (κ3) is 3.63. The maximum atomic E-state index is 13.4. The maximum Gasteiger partial charge on any atom is 0.417 e. The van der Waals surface area contributed by atoms with Crippen LogP contribution >= 0.6 is 15.9 Å². The van der Waals surface area contributed by atoms with Gasteiger partial charge in [0.05, 0.1) is 22.3 Å². The third-order valence-corrected chi connectivity index (χ3v) is 4.08. The lowest BCUT2D eigenvalue weighted by atomic mass is 10.0. The Bertz CT molecular complexity index is 929. The molecule has 0 radical (unpaired) electrons. The summed E-state index contributed by atoms with van der Waals surface area (Å²) in [6, 6.07) is 8.96. The summed E-state index contributed by atoms with van der Waals surface area (Å²) in [5, 5.41) is -0.0856. The van der Waals surface area contributed by atoms with Crippen molar-refractivity contribution < 1.29 is 26.3 Å². The summed E-state index contributed by atoms with van der Waals surface area (Å²) in [6.07, 6.45) is -9.14. The quantitative estimate of drug-likeness (QED) is 0.399. The lowest BCUT2D eigenvalue weighted by Gasteiger charge is -2.13. The molecular weight excluding hydrogens is 412 g/mol. The zero-order chi connectivity index (χ0) is 18.4. The largest absolute Gasteiger partial charge is 0.417 e. The molecule has 130 valence electrons. The monoisotopic (exact) mass is 419 g/mol. The molecule has 0 amide bonds. The molecule has 3 aromatic rings. The van der Waals surface area contributed by atoms with Gasteiger partial charge in [-0.2, -0.15) is 26.3 Å². The van der Waals surface area contributed by atoms with Crippen LogP contribution in [-0.2, 0) is 12.4 Å². The zero-order valence-corrected chi connectivity index (χ0v) is 13.8. The average molecular weight is 420 g/mol. The summed E-state index contributed by atoms with van der Waals surface area (Å²) in [5.74, 6) is 0. The van der Waals surface area contributed by atoms with E-state index in [2.05, 4.69) is 20.9 Å². The van der Waals surface area contributed by atoms with Gasteiger partial charge in [0.15, 0.2) is 0 Å². The first-order valence-corrected chi connectivity index (χ1v) is 7.70. The van der Waals surface area contributed by atoms with Gasteiger partial charge in [-0.15, -0.1) is 0 Å². The minimum Gasteiger partial charge on any atom is -0.248 e. The number of hydrogen-bond donors (Lipinski definition) is 0. The van der Waals surface area contributed by atoms with Crippen LogP contribution in [0.3, 0.4) is 0 Å². The predicted molar refractivity (Wildman–Crippen MR) is 84.9 cm³/mol. The smallest absolute Gasteiger partial charge is 0.248 e. The van der Waals surface area contributed by atoms with Gasteiger partial charge in [0, 0.05) is 15.4 Å². The van der Waals surface area contributed by atoms with E-state index in [-0.39, 0.29) is 22.2 Å². The molecule has 0 aliphatic rings. The summed E-state index contributed by atoms with van der Waals surface area (Å²) >= 11 is 3.12. The number of benzene rings is 2. The van der Waals surface area contributed by atoms with E-state index in [0.717, 1.165) is 30.3 Å². The molecule has 0 N–H and O–H groups in total. The highest BCUT2D eigenvalue weighted by Gasteiger charge is 2.34.